The van der Waals surface area contributed by atoms with Crippen LogP contribution >= 0.6 is 34.9 Å². The third-order valence-electron chi connectivity index (χ3n) is 2.76. The number of anilines is 1. The highest BCUT2D eigenvalue weighted by molar-refractivity contribution is 8.01. The van der Waals surface area contributed by atoms with Gasteiger partial charge in [0.1, 0.15) is 0 Å². The first-order valence-electron chi connectivity index (χ1n) is 7.09. The lowest BCUT2D eigenvalue weighted by Crippen LogP contribution is -2.14. The topological polar surface area (TPSA) is 54.9 Å². The van der Waals surface area contributed by atoms with Crippen LogP contribution in [0.4, 0.5) is 5.13 Å². The molecule has 1 amide bonds. The van der Waals surface area contributed by atoms with E-state index in [2.05, 4.69) is 54.1 Å². The minimum absolute atomic E-state index is 0.0456. The predicted molar refractivity (Wildman–Crippen MR) is 102 cm³/mol. The molecule has 0 atom stereocenters. The molecule has 2 rings (SSSR count). The van der Waals surface area contributed by atoms with Crippen molar-refractivity contribution in [3.05, 3.63) is 47.5 Å². The second-order valence-electron chi connectivity index (χ2n) is 5.01. The quantitative estimate of drug-likeness (QED) is 0.429. The summed E-state index contributed by atoms with van der Waals surface area (Å²) in [5.74, 6) is 1.97. The van der Waals surface area contributed by atoms with Crippen LogP contribution in [0.3, 0.4) is 0 Å². The molecule has 1 heterocycles. The fraction of sp³-hybridized carbons (Fsp3) is 0.312. The van der Waals surface area contributed by atoms with Gasteiger partial charge in [0.25, 0.3) is 0 Å². The van der Waals surface area contributed by atoms with E-state index in [1.807, 2.05) is 6.08 Å². The van der Waals surface area contributed by atoms with Crippen LogP contribution in [0.1, 0.15) is 16.7 Å². The first kappa shape index (κ1) is 18.0. The number of aromatic nitrogens is 2. The molecule has 0 radical (unpaired) electrons. The number of rotatable bonds is 8. The average Bonchev–Trinajstić information content (AvgIpc) is 2.91. The zero-order valence-corrected chi connectivity index (χ0v) is 15.6. The molecule has 7 heteroatoms. The van der Waals surface area contributed by atoms with Gasteiger partial charge in [0, 0.05) is 11.5 Å². The molecule has 0 fully saturated rings. The maximum atomic E-state index is 11.9. The van der Waals surface area contributed by atoms with Gasteiger partial charge >= 0.3 is 0 Å². The molecule has 0 bridgehead atoms. The van der Waals surface area contributed by atoms with E-state index in [4.69, 9.17) is 0 Å². The van der Waals surface area contributed by atoms with Gasteiger partial charge in [0.05, 0.1) is 5.75 Å². The molecule has 0 spiro atoms. The summed E-state index contributed by atoms with van der Waals surface area (Å²) in [6, 6.07) is 6.47. The van der Waals surface area contributed by atoms with Crippen LogP contribution in [-0.2, 0) is 10.5 Å². The Kier molecular flexibility index (Phi) is 7.14. The van der Waals surface area contributed by atoms with E-state index in [-0.39, 0.29) is 5.91 Å². The Labute approximate surface area is 149 Å². The lowest BCUT2D eigenvalue weighted by atomic mass is 10.1. The third-order valence-corrected chi connectivity index (χ3v) is 5.73. The van der Waals surface area contributed by atoms with Gasteiger partial charge in [-0.15, -0.1) is 28.5 Å². The van der Waals surface area contributed by atoms with Gasteiger partial charge in [-0.3, -0.25) is 10.1 Å². The molecule has 23 heavy (non-hydrogen) atoms. The molecule has 0 aliphatic carbocycles. The van der Waals surface area contributed by atoms with Crippen molar-refractivity contribution in [2.45, 2.75) is 23.9 Å². The zero-order valence-electron chi connectivity index (χ0n) is 13.2. The van der Waals surface area contributed by atoms with Crippen LogP contribution in [0.25, 0.3) is 0 Å². The molecule has 0 aliphatic rings. The lowest BCUT2D eigenvalue weighted by Gasteiger charge is -2.05. The van der Waals surface area contributed by atoms with Crippen LogP contribution in [0.2, 0.25) is 0 Å². The summed E-state index contributed by atoms with van der Waals surface area (Å²) in [6.07, 6.45) is 1.81. The van der Waals surface area contributed by atoms with Crippen molar-refractivity contribution in [1.29, 1.82) is 0 Å². The molecule has 0 unspecified atom stereocenters. The van der Waals surface area contributed by atoms with E-state index in [1.54, 1.807) is 23.5 Å². The van der Waals surface area contributed by atoms with Crippen molar-refractivity contribution >= 4 is 45.9 Å². The Morgan fingerprint density at radius 1 is 1.30 bits per heavy atom. The average molecular weight is 366 g/mol. The van der Waals surface area contributed by atoms with E-state index in [0.29, 0.717) is 10.9 Å². The van der Waals surface area contributed by atoms with Crippen molar-refractivity contribution in [3.63, 3.8) is 0 Å². The van der Waals surface area contributed by atoms with Crippen molar-refractivity contribution in [3.8, 4) is 0 Å². The lowest BCUT2D eigenvalue weighted by molar-refractivity contribution is -0.113. The number of hydrogen-bond donors (Lipinski definition) is 1. The Morgan fingerprint density at radius 2 is 2.04 bits per heavy atom. The number of thioether (sulfide) groups is 2. The first-order chi connectivity index (χ1) is 11.1. The number of carbonyl (C=O) groups is 1. The van der Waals surface area contributed by atoms with Gasteiger partial charge in [-0.2, -0.15) is 0 Å². The highest BCUT2D eigenvalue weighted by atomic mass is 32.2. The van der Waals surface area contributed by atoms with Crippen LogP contribution in [-0.4, -0.2) is 27.6 Å². The number of hydrogen-bond acceptors (Lipinski definition) is 6. The maximum absolute atomic E-state index is 11.9. The van der Waals surface area contributed by atoms with E-state index < -0.39 is 0 Å². The normalized spacial score (nSPS) is 10.5. The van der Waals surface area contributed by atoms with Gasteiger partial charge < -0.3 is 0 Å². The van der Waals surface area contributed by atoms with Gasteiger partial charge in [-0.25, -0.2) is 0 Å². The largest absolute Gasteiger partial charge is 0.300 e. The smallest absolute Gasteiger partial charge is 0.236 e. The summed E-state index contributed by atoms with van der Waals surface area (Å²) in [5, 5.41) is 11.3. The van der Waals surface area contributed by atoms with Gasteiger partial charge in [0.2, 0.25) is 11.0 Å². The van der Waals surface area contributed by atoms with Gasteiger partial charge in [0.15, 0.2) is 4.34 Å². The van der Waals surface area contributed by atoms with Crippen LogP contribution in [0.15, 0.2) is 35.2 Å². The van der Waals surface area contributed by atoms with Crippen LogP contribution in [0, 0.1) is 13.8 Å². The van der Waals surface area contributed by atoms with Crippen LogP contribution < -0.4 is 5.32 Å². The first-order valence-corrected chi connectivity index (χ1v) is 10.0. The molecule has 1 N–H and O–H groups in total. The summed E-state index contributed by atoms with van der Waals surface area (Å²) in [5.41, 5.74) is 3.76. The van der Waals surface area contributed by atoms with Crippen molar-refractivity contribution in [2.75, 3.05) is 16.8 Å². The van der Waals surface area contributed by atoms with E-state index in [1.165, 1.54) is 28.0 Å². The second-order valence-corrected chi connectivity index (χ2v) is 8.24. The number of carbonyl (C=O) groups excluding carboxylic acids is 1. The SMILES string of the molecule is C=CCSc1nnc(NC(=O)CSCc2cc(C)cc(C)c2)s1. The van der Waals surface area contributed by atoms with Crippen molar-refractivity contribution in [2.24, 2.45) is 0 Å². The molecule has 0 saturated carbocycles. The Hall–Kier alpha value is -1.31. The summed E-state index contributed by atoms with van der Waals surface area (Å²) in [4.78, 5) is 11.9. The summed E-state index contributed by atoms with van der Waals surface area (Å²) in [7, 11) is 0. The molecular weight excluding hydrogens is 346 g/mol. The van der Waals surface area contributed by atoms with E-state index in [9.17, 15) is 4.79 Å². The van der Waals surface area contributed by atoms with Gasteiger partial charge in [-0.05, 0) is 19.4 Å². The number of nitrogens with zero attached hydrogens (tertiary/aromatic N) is 2. The van der Waals surface area contributed by atoms with E-state index >= 15 is 0 Å². The fourth-order valence-electron chi connectivity index (χ4n) is 2.02. The molecule has 122 valence electrons. The fourth-order valence-corrected chi connectivity index (χ4v) is 4.31. The molecule has 0 aliphatic heterocycles. The minimum atomic E-state index is -0.0456. The molecule has 4 nitrogen and oxygen atoms in total. The monoisotopic (exact) mass is 365 g/mol. The number of amides is 1. The summed E-state index contributed by atoms with van der Waals surface area (Å²) >= 11 is 4.54. The summed E-state index contributed by atoms with van der Waals surface area (Å²) < 4.78 is 0.836. The Morgan fingerprint density at radius 3 is 2.74 bits per heavy atom. The Bertz CT molecular complexity index is 665. The molecule has 0 saturated heterocycles. The Balaban J connectivity index is 1.76. The molecule has 1 aromatic carbocycles. The zero-order chi connectivity index (χ0) is 16.7. The van der Waals surface area contributed by atoms with Gasteiger partial charge in [-0.1, -0.05) is 58.5 Å². The predicted octanol–water partition coefficient (Wildman–Crippen LogP) is 4.30. The minimum Gasteiger partial charge on any atom is -0.300 e. The maximum Gasteiger partial charge on any atom is 0.236 e. The van der Waals surface area contributed by atoms with Crippen molar-refractivity contribution < 1.29 is 4.79 Å². The van der Waals surface area contributed by atoms with Crippen molar-refractivity contribution in [1.82, 2.24) is 10.2 Å². The second kappa shape index (κ2) is 9.10. The number of aryl methyl sites for hydroxylation is 2. The highest BCUT2D eigenvalue weighted by Gasteiger charge is 2.08. The van der Waals surface area contributed by atoms with E-state index in [0.717, 1.165) is 15.8 Å². The molecular formula is C16H19N3OS3. The highest BCUT2D eigenvalue weighted by Crippen LogP contribution is 2.25. The molecule has 1 aromatic heterocycles. The standard InChI is InChI=1S/C16H19N3OS3/c1-4-5-22-16-19-18-15(23-16)17-14(20)10-21-9-13-7-11(2)6-12(3)8-13/h4,6-8H,1,5,9-10H2,2-3H3,(H,17,18,20). The molecule has 2 aromatic rings. The summed E-state index contributed by atoms with van der Waals surface area (Å²) in [6.45, 7) is 7.84. The number of benzene rings is 1. The van der Waals surface area contributed by atoms with Crippen LogP contribution in [0.5, 0.6) is 0 Å². The third kappa shape index (κ3) is 6.37. The number of nitrogens with one attached hydrogen (secondary N) is 1.